The molecule has 0 spiro atoms. The minimum atomic E-state index is -0.219. The van der Waals surface area contributed by atoms with E-state index in [1.165, 1.54) is 6.07 Å². The Balaban J connectivity index is 1.69. The molecule has 0 aliphatic carbocycles. The summed E-state index contributed by atoms with van der Waals surface area (Å²) >= 11 is 0. The molecule has 6 rings (SSSR count). The molecular formula is C27H22FNO2. The Morgan fingerprint density at radius 2 is 1.68 bits per heavy atom. The fourth-order valence-corrected chi connectivity index (χ4v) is 4.81. The average molecular weight is 411 g/mol. The summed E-state index contributed by atoms with van der Waals surface area (Å²) in [6.45, 7) is 3.51. The van der Waals surface area contributed by atoms with E-state index >= 15 is 0 Å². The molecule has 1 fully saturated rings. The number of hydrogen-bond donors (Lipinski definition) is 0. The van der Waals surface area contributed by atoms with Crippen molar-refractivity contribution in [3.8, 4) is 11.3 Å². The van der Waals surface area contributed by atoms with E-state index in [4.69, 9.17) is 14.1 Å². The van der Waals surface area contributed by atoms with Gasteiger partial charge < -0.3 is 9.15 Å². The van der Waals surface area contributed by atoms with Crippen molar-refractivity contribution < 1.29 is 13.5 Å². The fourth-order valence-electron chi connectivity index (χ4n) is 4.81. The van der Waals surface area contributed by atoms with Crippen LogP contribution in [0.1, 0.15) is 30.0 Å². The van der Waals surface area contributed by atoms with E-state index in [-0.39, 0.29) is 11.7 Å². The Bertz CT molecular complexity index is 1450. The van der Waals surface area contributed by atoms with E-state index in [9.17, 15) is 4.39 Å². The number of aryl methyl sites for hydroxylation is 1. The van der Waals surface area contributed by atoms with E-state index in [2.05, 4.69) is 25.1 Å². The summed E-state index contributed by atoms with van der Waals surface area (Å²) in [4.78, 5) is 5.12. The molecule has 0 N–H and O–H groups in total. The van der Waals surface area contributed by atoms with Gasteiger partial charge in [0, 0.05) is 51.9 Å². The monoisotopic (exact) mass is 411 g/mol. The normalized spacial score (nSPS) is 15.3. The van der Waals surface area contributed by atoms with Gasteiger partial charge in [0.25, 0.3) is 0 Å². The molecule has 1 saturated heterocycles. The number of furan rings is 1. The number of ether oxygens (including phenoxy) is 1. The number of hydrogen-bond acceptors (Lipinski definition) is 3. The number of fused-ring (bicyclic) bond motifs is 4. The zero-order valence-corrected chi connectivity index (χ0v) is 17.3. The molecule has 31 heavy (non-hydrogen) atoms. The first kappa shape index (κ1) is 18.5. The van der Waals surface area contributed by atoms with Gasteiger partial charge in [0.05, 0.1) is 5.69 Å². The smallest absolute Gasteiger partial charge is 0.144 e. The van der Waals surface area contributed by atoms with Crippen LogP contribution in [0.2, 0.25) is 0 Å². The molecule has 1 aliphatic heterocycles. The molecule has 3 aromatic carbocycles. The Hall–Kier alpha value is -3.24. The second-order valence-electron chi connectivity index (χ2n) is 8.40. The van der Waals surface area contributed by atoms with Gasteiger partial charge in [-0.2, -0.15) is 0 Å². The molecule has 0 amide bonds. The largest absolute Gasteiger partial charge is 0.455 e. The molecule has 0 bridgehead atoms. The van der Waals surface area contributed by atoms with Crippen LogP contribution in [0.25, 0.3) is 44.0 Å². The molecule has 5 aromatic rings. The van der Waals surface area contributed by atoms with Crippen LogP contribution in [0.5, 0.6) is 0 Å². The summed E-state index contributed by atoms with van der Waals surface area (Å²) in [6.07, 6.45) is 1.81. The lowest BCUT2D eigenvalue weighted by atomic mass is 9.92. The first-order chi connectivity index (χ1) is 15.2. The van der Waals surface area contributed by atoms with Crippen molar-refractivity contribution in [3.05, 3.63) is 77.7 Å². The summed E-state index contributed by atoms with van der Waals surface area (Å²) in [5, 5.41) is 3.56. The quantitative estimate of drug-likeness (QED) is 0.310. The third kappa shape index (κ3) is 3.02. The molecule has 2 aromatic heterocycles. The molecular weight excluding hydrogens is 389 g/mol. The van der Waals surface area contributed by atoms with Crippen molar-refractivity contribution in [2.24, 2.45) is 0 Å². The molecule has 0 radical (unpaired) electrons. The number of nitrogens with zero attached hydrogens (tertiary/aromatic N) is 1. The zero-order valence-electron chi connectivity index (χ0n) is 17.3. The van der Waals surface area contributed by atoms with E-state index in [1.54, 1.807) is 6.07 Å². The zero-order chi connectivity index (χ0) is 20.9. The third-order valence-corrected chi connectivity index (χ3v) is 6.36. The van der Waals surface area contributed by atoms with Crippen LogP contribution in [0.3, 0.4) is 0 Å². The van der Waals surface area contributed by atoms with E-state index in [1.807, 2.05) is 30.3 Å². The second-order valence-corrected chi connectivity index (χ2v) is 8.40. The van der Waals surface area contributed by atoms with Gasteiger partial charge in [-0.05, 0) is 55.7 Å². The summed E-state index contributed by atoms with van der Waals surface area (Å²) < 4.78 is 26.8. The van der Waals surface area contributed by atoms with Gasteiger partial charge in [-0.15, -0.1) is 0 Å². The van der Waals surface area contributed by atoms with Gasteiger partial charge >= 0.3 is 0 Å². The molecule has 3 heterocycles. The standard InChI is InChI=1S/C27H22FNO2/c1-16-13-21-18-5-2-3-8-25(18)31-27(21)22(14-16)26-19-6-4-7-23(28)20(19)15-24(29-26)17-9-11-30-12-10-17/h2-8,13-15,17H,9-12H2,1H3. The van der Waals surface area contributed by atoms with Crippen LogP contribution in [-0.4, -0.2) is 18.2 Å². The highest BCUT2D eigenvalue weighted by molar-refractivity contribution is 6.11. The van der Waals surface area contributed by atoms with E-state index in [0.717, 1.165) is 75.9 Å². The van der Waals surface area contributed by atoms with Crippen molar-refractivity contribution in [3.63, 3.8) is 0 Å². The molecule has 154 valence electrons. The van der Waals surface area contributed by atoms with Crippen LogP contribution >= 0.6 is 0 Å². The van der Waals surface area contributed by atoms with Crippen molar-refractivity contribution in [2.45, 2.75) is 25.7 Å². The van der Waals surface area contributed by atoms with Gasteiger partial charge in [-0.25, -0.2) is 4.39 Å². The van der Waals surface area contributed by atoms with Gasteiger partial charge in [0.15, 0.2) is 0 Å². The van der Waals surface area contributed by atoms with Crippen molar-refractivity contribution in [2.75, 3.05) is 13.2 Å². The third-order valence-electron chi connectivity index (χ3n) is 6.36. The fraction of sp³-hybridized carbons (Fsp3) is 0.222. The van der Waals surface area contributed by atoms with Gasteiger partial charge in [0.1, 0.15) is 17.0 Å². The van der Waals surface area contributed by atoms with E-state index in [0.29, 0.717) is 5.39 Å². The van der Waals surface area contributed by atoms with Gasteiger partial charge in [0.2, 0.25) is 0 Å². The molecule has 0 atom stereocenters. The molecule has 1 aliphatic rings. The number of rotatable bonds is 2. The van der Waals surface area contributed by atoms with Gasteiger partial charge in [-0.3, -0.25) is 4.98 Å². The maximum Gasteiger partial charge on any atom is 0.144 e. The van der Waals surface area contributed by atoms with E-state index < -0.39 is 0 Å². The Labute approximate surface area is 179 Å². The number of benzene rings is 3. The molecule has 0 saturated carbocycles. The highest BCUT2D eigenvalue weighted by Crippen LogP contribution is 2.40. The highest BCUT2D eigenvalue weighted by atomic mass is 19.1. The highest BCUT2D eigenvalue weighted by Gasteiger charge is 2.22. The lowest BCUT2D eigenvalue weighted by molar-refractivity contribution is 0.0845. The van der Waals surface area contributed by atoms with Crippen LogP contribution in [0.15, 0.2) is 65.1 Å². The Kier molecular flexibility index (Phi) is 4.29. The summed E-state index contributed by atoms with van der Waals surface area (Å²) in [5.41, 5.74) is 5.40. The molecule has 0 unspecified atom stereocenters. The minimum Gasteiger partial charge on any atom is -0.455 e. The lowest BCUT2D eigenvalue weighted by Gasteiger charge is -2.23. The Morgan fingerprint density at radius 3 is 2.55 bits per heavy atom. The predicted octanol–water partition coefficient (Wildman–Crippen LogP) is 7.14. The molecule has 4 heteroatoms. The average Bonchev–Trinajstić information content (AvgIpc) is 3.17. The van der Waals surface area contributed by atoms with Crippen molar-refractivity contribution in [1.29, 1.82) is 0 Å². The maximum atomic E-state index is 14.9. The van der Waals surface area contributed by atoms with Crippen molar-refractivity contribution >= 4 is 32.7 Å². The van der Waals surface area contributed by atoms with Crippen LogP contribution in [0, 0.1) is 12.7 Å². The lowest BCUT2D eigenvalue weighted by Crippen LogP contribution is -2.15. The summed E-state index contributed by atoms with van der Waals surface area (Å²) in [5.74, 6) is 0.0513. The van der Waals surface area contributed by atoms with Crippen LogP contribution in [-0.2, 0) is 4.74 Å². The number of aromatic nitrogens is 1. The van der Waals surface area contributed by atoms with Gasteiger partial charge in [-0.1, -0.05) is 30.3 Å². The summed E-state index contributed by atoms with van der Waals surface area (Å²) in [7, 11) is 0. The van der Waals surface area contributed by atoms with Crippen LogP contribution in [0.4, 0.5) is 4.39 Å². The number of pyridine rings is 1. The topological polar surface area (TPSA) is 35.3 Å². The SMILES string of the molecule is Cc1cc(-c2nc(C3CCOCC3)cc3c(F)cccc23)c2oc3ccccc3c2c1. The predicted molar refractivity (Wildman–Crippen MR) is 122 cm³/mol. The second kappa shape index (κ2) is 7.17. The Morgan fingerprint density at radius 1 is 0.871 bits per heavy atom. The number of para-hydroxylation sites is 1. The number of halogens is 1. The van der Waals surface area contributed by atoms with Crippen LogP contribution < -0.4 is 0 Å². The summed E-state index contributed by atoms with van der Waals surface area (Å²) in [6, 6.07) is 19.5. The van der Waals surface area contributed by atoms with Crippen molar-refractivity contribution in [1.82, 2.24) is 4.98 Å². The first-order valence-corrected chi connectivity index (χ1v) is 10.8. The minimum absolute atomic E-state index is 0.219. The maximum absolute atomic E-state index is 14.9. The molecule has 3 nitrogen and oxygen atoms in total. The first-order valence-electron chi connectivity index (χ1n) is 10.8.